The van der Waals surface area contributed by atoms with Crippen LogP contribution in [0.1, 0.15) is 23.1 Å². The second-order valence-electron chi connectivity index (χ2n) is 8.48. The van der Waals surface area contributed by atoms with Gasteiger partial charge in [0.15, 0.2) is 0 Å². The topological polar surface area (TPSA) is 74.1 Å². The number of aromatic nitrogens is 3. The van der Waals surface area contributed by atoms with Gasteiger partial charge in [0, 0.05) is 14.1 Å². The van der Waals surface area contributed by atoms with E-state index in [1.54, 1.807) is 17.9 Å². The number of hydrogen-bond donors (Lipinski definition) is 1. The molecule has 6 rings (SSSR count). The number of hydrogen-bond acceptors (Lipinski definition) is 4. The maximum Gasteiger partial charge on any atom is 0.331 e. The van der Waals surface area contributed by atoms with E-state index in [1.165, 1.54) is 11.6 Å². The molecule has 0 fully saturated rings. The molecule has 7 nitrogen and oxygen atoms in total. The van der Waals surface area contributed by atoms with Crippen molar-refractivity contribution in [3.05, 3.63) is 105 Å². The van der Waals surface area contributed by atoms with Crippen LogP contribution in [0.4, 0.5) is 5.69 Å². The van der Waals surface area contributed by atoms with Crippen molar-refractivity contribution in [1.29, 1.82) is 0 Å². The highest BCUT2D eigenvalue weighted by molar-refractivity contribution is 5.99. The third-order valence-electron chi connectivity index (χ3n) is 6.45. The second-order valence-corrected chi connectivity index (χ2v) is 8.48. The predicted octanol–water partition coefficient (Wildman–Crippen LogP) is 4.11. The van der Waals surface area contributed by atoms with Crippen molar-refractivity contribution in [2.45, 2.75) is 13.0 Å². The molecule has 164 valence electrons. The Morgan fingerprint density at radius 1 is 0.939 bits per heavy atom. The quantitative estimate of drug-likeness (QED) is 0.450. The first kappa shape index (κ1) is 19.4. The van der Waals surface area contributed by atoms with Crippen LogP contribution in [0, 0.1) is 6.92 Å². The van der Waals surface area contributed by atoms with E-state index in [2.05, 4.69) is 16.0 Å². The van der Waals surface area contributed by atoms with Gasteiger partial charge in [0.25, 0.3) is 5.56 Å². The fraction of sp³-hybridized carbons (Fsp3) is 0.154. The first-order chi connectivity index (χ1) is 16.0. The summed E-state index contributed by atoms with van der Waals surface area (Å²) in [6.45, 7) is 2.03. The Balaban J connectivity index is 1.90. The van der Waals surface area contributed by atoms with Gasteiger partial charge in [-0.2, -0.15) is 0 Å². The number of fused-ring (bicyclic) bond motifs is 5. The molecule has 3 aromatic heterocycles. The summed E-state index contributed by atoms with van der Waals surface area (Å²) in [7, 11) is 3.24. The number of furan rings is 1. The number of aryl methyl sites for hydroxylation is 2. The lowest BCUT2D eigenvalue weighted by molar-refractivity contribution is 0.492. The van der Waals surface area contributed by atoms with Crippen LogP contribution in [0.3, 0.4) is 0 Å². The number of nitrogens with one attached hydrogen (secondary N) is 1. The van der Waals surface area contributed by atoms with Gasteiger partial charge in [-0.3, -0.25) is 13.9 Å². The number of para-hydroxylation sites is 2. The SMILES string of the molecule is Cc1cccc(-c2c3c(=O)n(C)c(=O)n(C)c3c3n2-c2ccccc2N[C@H]3c2ccco2)c1. The zero-order chi connectivity index (χ0) is 22.9. The van der Waals surface area contributed by atoms with Crippen molar-refractivity contribution in [3.63, 3.8) is 0 Å². The molecule has 0 spiro atoms. The molecule has 4 heterocycles. The van der Waals surface area contributed by atoms with E-state index < -0.39 is 0 Å². The Kier molecular flexibility index (Phi) is 4.04. The molecule has 0 saturated heterocycles. The number of nitrogens with zero attached hydrogens (tertiary/aromatic N) is 3. The standard InChI is InChI=1S/C26H22N4O3/c1-15-8-6-9-16(14-15)22-20-23(28(2)26(32)29(3)25(20)31)24-21(19-12-7-13-33-19)27-17-10-4-5-11-18(17)30(22)24/h4-14,21,27H,1-3H3/t21-/m0/s1. The van der Waals surface area contributed by atoms with E-state index in [0.29, 0.717) is 16.7 Å². The van der Waals surface area contributed by atoms with Crippen LogP contribution in [-0.4, -0.2) is 13.7 Å². The summed E-state index contributed by atoms with van der Waals surface area (Å²) in [5, 5.41) is 4.08. The van der Waals surface area contributed by atoms with E-state index in [4.69, 9.17) is 4.42 Å². The highest BCUT2D eigenvalue weighted by Gasteiger charge is 2.35. The summed E-state index contributed by atoms with van der Waals surface area (Å²) in [5.74, 6) is 0.703. The van der Waals surface area contributed by atoms with Gasteiger partial charge in [-0.25, -0.2) is 4.79 Å². The normalized spacial score (nSPS) is 14.7. The van der Waals surface area contributed by atoms with Gasteiger partial charge in [-0.15, -0.1) is 0 Å². The van der Waals surface area contributed by atoms with Crippen LogP contribution in [0.2, 0.25) is 0 Å². The summed E-state index contributed by atoms with van der Waals surface area (Å²) >= 11 is 0. The summed E-state index contributed by atoms with van der Waals surface area (Å²) in [4.78, 5) is 26.6. The molecule has 1 aliphatic rings. The van der Waals surface area contributed by atoms with Crippen molar-refractivity contribution in [3.8, 4) is 16.9 Å². The molecule has 7 heteroatoms. The zero-order valence-electron chi connectivity index (χ0n) is 18.5. The van der Waals surface area contributed by atoms with Gasteiger partial charge in [-0.1, -0.05) is 35.9 Å². The monoisotopic (exact) mass is 438 g/mol. The summed E-state index contributed by atoms with van der Waals surface area (Å²) in [6.07, 6.45) is 1.63. The van der Waals surface area contributed by atoms with E-state index in [9.17, 15) is 9.59 Å². The number of anilines is 1. The van der Waals surface area contributed by atoms with Crippen molar-refractivity contribution in [1.82, 2.24) is 13.7 Å². The largest absolute Gasteiger partial charge is 0.467 e. The maximum atomic E-state index is 13.6. The Hall–Kier alpha value is -4.26. The van der Waals surface area contributed by atoms with Gasteiger partial charge in [0.1, 0.15) is 11.8 Å². The smallest absolute Gasteiger partial charge is 0.331 e. The van der Waals surface area contributed by atoms with Crippen molar-refractivity contribution < 1.29 is 4.42 Å². The van der Waals surface area contributed by atoms with Crippen LogP contribution >= 0.6 is 0 Å². The molecule has 1 N–H and O–H groups in total. The Morgan fingerprint density at radius 3 is 2.52 bits per heavy atom. The Morgan fingerprint density at radius 2 is 1.76 bits per heavy atom. The lowest BCUT2D eigenvalue weighted by Crippen LogP contribution is -2.37. The molecule has 5 aromatic rings. The molecule has 0 saturated carbocycles. The molecule has 1 aliphatic heterocycles. The minimum Gasteiger partial charge on any atom is -0.467 e. The highest BCUT2D eigenvalue weighted by atomic mass is 16.3. The van der Waals surface area contributed by atoms with Gasteiger partial charge in [0.2, 0.25) is 0 Å². The molecule has 0 amide bonds. The van der Waals surface area contributed by atoms with Gasteiger partial charge < -0.3 is 14.3 Å². The maximum absolute atomic E-state index is 13.6. The molecular formula is C26H22N4O3. The molecule has 2 aromatic carbocycles. The number of rotatable bonds is 2. The lowest BCUT2D eigenvalue weighted by Gasteiger charge is -2.29. The molecule has 0 radical (unpaired) electrons. The second kappa shape index (κ2) is 6.87. The summed E-state index contributed by atoms with van der Waals surface area (Å²) in [5.41, 5.74) is 5.32. The van der Waals surface area contributed by atoms with Gasteiger partial charge >= 0.3 is 5.69 Å². The minimum absolute atomic E-state index is 0.317. The molecular weight excluding hydrogens is 416 g/mol. The molecule has 33 heavy (non-hydrogen) atoms. The van der Waals surface area contributed by atoms with Crippen LogP contribution in [0.25, 0.3) is 27.8 Å². The highest BCUT2D eigenvalue weighted by Crippen LogP contribution is 2.45. The molecule has 1 atom stereocenters. The van der Waals surface area contributed by atoms with Gasteiger partial charge in [0.05, 0.1) is 39.9 Å². The Labute approximate surface area is 189 Å². The third-order valence-corrected chi connectivity index (χ3v) is 6.45. The van der Waals surface area contributed by atoms with Crippen LogP contribution in [0.5, 0.6) is 0 Å². The third kappa shape index (κ3) is 2.62. The molecule has 0 bridgehead atoms. The van der Waals surface area contributed by atoms with E-state index in [-0.39, 0.29) is 17.3 Å². The Bertz CT molecular complexity index is 1670. The molecule has 0 unspecified atom stereocenters. The van der Waals surface area contributed by atoms with Crippen LogP contribution < -0.4 is 16.6 Å². The average Bonchev–Trinajstić information content (AvgIpc) is 3.48. The van der Waals surface area contributed by atoms with E-state index >= 15 is 0 Å². The average molecular weight is 438 g/mol. The fourth-order valence-corrected chi connectivity index (χ4v) is 4.95. The summed E-state index contributed by atoms with van der Waals surface area (Å²) in [6, 6.07) is 19.4. The first-order valence-corrected chi connectivity index (χ1v) is 10.8. The van der Waals surface area contributed by atoms with Crippen molar-refractivity contribution in [2.24, 2.45) is 14.1 Å². The van der Waals surface area contributed by atoms with Crippen molar-refractivity contribution in [2.75, 3.05) is 5.32 Å². The summed E-state index contributed by atoms with van der Waals surface area (Å²) < 4.78 is 10.7. The lowest BCUT2D eigenvalue weighted by atomic mass is 10.1. The minimum atomic E-state index is -0.381. The van der Waals surface area contributed by atoms with Crippen LogP contribution in [-0.2, 0) is 14.1 Å². The van der Waals surface area contributed by atoms with Crippen molar-refractivity contribution >= 4 is 16.6 Å². The first-order valence-electron chi connectivity index (χ1n) is 10.8. The predicted molar refractivity (Wildman–Crippen MR) is 128 cm³/mol. The zero-order valence-corrected chi connectivity index (χ0v) is 18.5. The fourth-order valence-electron chi connectivity index (χ4n) is 4.95. The molecule has 0 aliphatic carbocycles. The number of benzene rings is 2. The van der Waals surface area contributed by atoms with E-state index in [0.717, 1.165) is 33.9 Å². The van der Waals surface area contributed by atoms with E-state index in [1.807, 2.05) is 61.5 Å². The van der Waals surface area contributed by atoms with Gasteiger partial charge in [-0.05, 0) is 42.8 Å². The van der Waals surface area contributed by atoms with Crippen LogP contribution in [0.15, 0.2) is 80.9 Å².